The molecule has 4 heteroatoms. The van der Waals surface area contributed by atoms with Crippen molar-refractivity contribution in [1.82, 2.24) is 9.80 Å². The Morgan fingerprint density at radius 2 is 1.71 bits per heavy atom. The normalized spacial score (nSPS) is 10.8. The standard InChI is InChI=1S/C20H27N3O/c1-15-10-11-19(17(12-15)14-22(2)3)21-13-16-8-6-7-9-18(16)20(24)23(4)5/h6-12,21H,13-14H2,1-5H3. The molecule has 0 saturated heterocycles. The molecule has 0 heterocycles. The van der Waals surface area contributed by atoms with Crippen LogP contribution in [0.5, 0.6) is 0 Å². The van der Waals surface area contributed by atoms with E-state index in [1.165, 1.54) is 11.1 Å². The molecule has 2 aromatic carbocycles. The smallest absolute Gasteiger partial charge is 0.253 e. The maximum Gasteiger partial charge on any atom is 0.253 e. The molecule has 0 fully saturated rings. The molecular weight excluding hydrogens is 298 g/mol. The van der Waals surface area contributed by atoms with E-state index < -0.39 is 0 Å². The van der Waals surface area contributed by atoms with Crippen LogP contribution in [-0.2, 0) is 13.1 Å². The van der Waals surface area contributed by atoms with Crippen molar-refractivity contribution in [2.45, 2.75) is 20.0 Å². The molecule has 0 aromatic heterocycles. The van der Waals surface area contributed by atoms with Crippen LogP contribution in [0.15, 0.2) is 42.5 Å². The van der Waals surface area contributed by atoms with Gasteiger partial charge in [-0.2, -0.15) is 0 Å². The highest BCUT2D eigenvalue weighted by molar-refractivity contribution is 5.95. The van der Waals surface area contributed by atoms with E-state index in [0.29, 0.717) is 6.54 Å². The van der Waals surface area contributed by atoms with Crippen molar-refractivity contribution in [3.8, 4) is 0 Å². The fourth-order valence-corrected chi connectivity index (χ4v) is 2.68. The van der Waals surface area contributed by atoms with Crippen molar-refractivity contribution < 1.29 is 4.79 Å². The third-order valence-electron chi connectivity index (χ3n) is 3.87. The Hall–Kier alpha value is -2.33. The molecule has 0 unspecified atom stereocenters. The van der Waals surface area contributed by atoms with E-state index in [-0.39, 0.29) is 5.91 Å². The fourth-order valence-electron chi connectivity index (χ4n) is 2.68. The summed E-state index contributed by atoms with van der Waals surface area (Å²) >= 11 is 0. The first-order chi connectivity index (χ1) is 11.4. The second-order valence-corrected chi connectivity index (χ2v) is 6.61. The maximum absolute atomic E-state index is 12.3. The third-order valence-corrected chi connectivity index (χ3v) is 3.87. The molecule has 0 bridgehead atoms. The van der Waals surface area contributed by atoms with Gasteiger partial charge in [-0.15, -0.1) is 0 Å². The van der Waals surface area contributed by atoms with Crippen LogP contribution in [0, 0.1) is 6.92 Å². The van der Waals surface area contributed by atoms with Gasteiger partial charge in [0.25, 0.3) is 5.91 Å². The second kappa shape index (κ2) is 7.97. The van der Waals surface area contributed by atoms with Gasteiger partial charge < -0.3 is 15.1 Å². The van der Waals surface area contributed by atoms with Crippen LogP contribution in [0.2, 0.25) is 0 Å². The zero-order chi connectivity index (χ0) is 17.7. The van der Waals surface area contributed by atoms with Crippen LogP contribution in [0.25, 0.3) is 0 Å². The number of nitrogens with one attached hydrogen (secondary N) is 1. The first kappa shape index (κ1) is 18.0. The Balaban J connectivity index is 2.22. The number of carbonyl (C=O) groups excluding carboxylic acids is 1. The van der Waals surface area contributed by atoms with E-state index in [4.69, 9.17) is 0 Å². The van der Waals surface area contributed by atoms with Crippen molar-refractivity contribution in [3.63, 3.8) is 0 Å². The molecule has 128 valence electrons. The maximum atomic E-state index is 12.3. The summed E-state index contributed by atoms with van der Waals surface area (Å²) in [5.41, 5.74) is 5.38. The van der Waals surface area contributed by atoms with Gasteiger partial charge in [0.15, 0.2) is 0 Å². The van der Waals surface area contributed by atoms with Crippen molar-refractivity contribution in [2.75, 3.05) is 33.5 Å². The molecule has 1 amide bonds. The Bertz CT molecular complexity index is 708. The predicted molar refractivity (Wildman–Crippen MR) is 100 cm³/mol. The molecule has 0 aliphatic rings. The fraction of sp³-hybridized carbons (Fsp3) is 0.350. The highest BCUT2D eigenvalue weighted by atomic mass is 16.2. The lowest BCUT2D eigenvalue weighted by atomic mass is 10.1. The quantitative estimate of drug-likeness (QED) is 0.884. The lowest BCUT2D eigenvalue weighted by molar-refractivity contribution is 0.0826. The molecule has 1 N–H and O–H groups in total. The number of anilines is 1. The average molecular weight is 325 g/mol. The largest absolute Gasteiger partial charge is 0.381 e. The summed E-state index contributed by atoms with van der Waals surface area (Å²) in [5.74, 6) is 0.0322. The number of aryl methyl sites for hydroxylation is 1. The molecular formula is C20H27N3O. The summed E-state index contributed by atoms with van der Waals surface area (Å²) in [6, 6.07) is 14.2. The molecule has 4 nitrogen and oxygen atoms in total. The van der Waals surface area contributed by atoms with Gasteiger partial charge >= 0.3 is 0 Å². The SMILES string of the molecule is Cc1ccc(NCc2ccccc2C(=O)N(C)C)c(CN(C)C)c1. The van der Waals surface area contributed by atoms with Crippen LogP contribution < -0.4 is 5.32 Å². The molecule has 2 rings (SSSR count). The van der Waals surface area contributed by atoms with Crippen molar-refractivity contribution in [2.24, 2.45) is 0 Å². The molecule has 2 aromatic rings. The summed E-state index contributed by atoms with van der Waals surface area (Å²) in [4.78, 5) is 16.1. The van der Waals surface area contributed by atoms with Gasteiger partial charge in [0.05, 0.1) is 0 Å². The Morgan fingerprint density at radius 1 is 1.00 bits per heavy atom. The molecule has 0 saturated carbocycles. The Kier molecular flexibility index (Phi) is 5.99. The van der Waals surface area contributed by atoms with E-state index in [1.54, 1.807) is 19.0 Å². The zero-order valence-corrected chi connectivity index (χ0v) is 15.3. The average Bonchev–Trinajstić information content (AvgIpc) is 2.53. The van der Waals surface area contributed by atoms with E-state index >= 15 is 0 Å². The topological polar surface area (TPSA) is 35.6 Å². The minimum absolute atomic E-state index is 0.0322. The molecule has 0 spiro atoms. The monoisotopic (exact) mass is 325 g/mol. The van der Waals surface area contributed by atoms with Gasteiger partial charge in [-0.1, -0.05) is 35.9 Å². The van der Waals surface area contributed by atoms with Gasteiger partial charge in [-0.3, -0.25) is 4.79 Å². The lowest BCUT2D eigenvalue weighted by Gasteiger charge is -2.18. The minimum Gasteiger partial charge on any atom is -0.381 e. The van der Waals surface area contributed by atoms with E-state index in [0.717, 1.165) is 23.4 Å². The molecule has 0 radical (unpaired) electrons. The molecule has 0 aliphatic heterocycles. The first-order valence-corrected chi connectivity index (χ1v) is 8.16. The number of carbonyl (C=O) groups is 1. The number of nitrogens with zero attached hydrogens (tertiary/aromatic N) is 2. The van der Waals surface area contributed by atoms with Gasteiger partial charge in [0.1, 0.15) is 0 Å². The second-order valence-electron chi connectivity index (χ2n) is 6.61. The summed E-state index contributed by atoms with van der Waals surface area (Å²) in [6.45, 7) is 3.61. The lowest BCUT2D eigenvalue weighted by Crippen LogP contribution is -2.23. The van der Waals surface area contributed by atoms with E-state index in [2.05, 4.69) is 49.4 Å². The highest BCUT2D eigenvalue weighted by Crippen LogP contribution is 2.20. The van der Waals surface area contributed by atoms with Crippen LogP contribution in [0.3, 0.4) is 0 Å². The van der Waals surface area contributed by atoms with Crippen LogP contribution >= 0.6 is 0 Å². The Labute approximate surface area is 145 Å². The number of hydrogen-bond acceptors (Lipinski definition) is 3. The Morgan fingerprint density at radius 3 is 2.38 bits per heavy atom. The van der Waals surface area contributed by atoms with Gasteiger partial charge in [-0.05, 0) is 44.3 Å². The van der Waals surface area contributed by atoms with E-state index in [1.807, 2.05) is 24.3 Å². The molecule has 0 aliphatic carbocycles. The zero-order valence-electron chi connectivity index (χ0n) is 15.3. The highest BCUT2D eigenvalue weighted by Gasteiger charge is 2.13. The number of rotatable bonds is 6. The van der Waals surface area contributed by atoms with Gasteiger partial charge in [0.2, 0.25) is 0 Å². The van der Waals surface area contributed by atoms with Gasteiger partial charge in [-0.25, -0.2) is 0 Å². The van der Waals surface area contributed by atoms with Crippen molar-refractivity contribution in [1.29, 1.82) is 0 Å². The van der Waals surface area contributed by atoms with Gasteiger partial charge in [0, 0.05) is 38.4 Å². The number of benzene rings is 2. The summed E-state index contributed by atoms with van der Waals surface area (Å²) in [7, 11) is 7.69. The predicted octanol–water partition coefficient (Wildman–Crippen LogP) is 3.37. The summed E-state index contributed by atoms with van der Waals surface area (Å²) < 4.78 is 0. The number of hydrogen-bond donors (Lipinski definition) is 1. The van der Waals surface area contributed by atoms with Crippen molar-refractivity contribution in [3.05, 3.63) is 64.7 Å². The third kappa shape index (κ3) is 4.59. The molecule has 24 heavy (non-hydrogen) atoms. The van der Waals surface area contributed by atoms with Crippen LogP contribution in [0.4, 0.5) is 5.69 Å². The minimum atomic E-state index is 0.0322. The summed E-state index contributed by atoms with van der Waals surface area (Å²) in [6.07, 6.45) is 0. The molecule has 0 atom stereocenters. The van der Waals surface area contributed by atoms with Crippen LogP contribution in [0.1, 0.15) is 27.0 Å². The number of amides is 1. The first-order valence-electron chi connectivity index (χ1n) is 8.16. The van der Waals surface area contributed by atoms with Crippen molar-refractivity contribution >= 4 is 11.6 Å². The van der Waals surface area contributed by atoms with Crippen LogP contribution in [-0.4, -0.2) is 43.9 Å². The summed E-state index contributed by atoms with van der Waals surface area (Å²) in [5, 5.41) is 3.50. The van der Waals surface area contributed by atoms with E-state index in [9.17, 15) is 4.79 Å².